The Morgan fingerprint density at radius 2 is 2.21 bits per heavy atom. The molecule has 1 aromatic carbocycles. The summed E-state index contributed by atoms with van der Waals surface area (Å²) in [5, 5.41) is 13.7. The number of hydrogen-bond donors (Lipinski definition) is 1. The van der Waals surface area contributed by atoms with Gasteiger partial charge in [-0.1, -0.05) is 13.0 Å². The molecule has 0 aliphatic carbocycles. The fourth-order valence-corrected chi connectivity index (χ4v) is 5.77. The van der Waals surface area contributed by atoms with Gasteiger partial charge in [0.15, 0.2) is 0 Å². The summed E-state index contributed by atoms with van der Waals surface area (Å²) in [7, 11) is 0. The summed E-state index contributed by atoms with van der Waals surface area (Å²) in [4.78, 5) is 21.0. The summed E-state index contributed by atoms with van der Waals surface area (Å²) in [5.41, 5.74) is 4.90. The normalized spacial score (nSPS) is 17.0. The van der Waals surface area contributed by atoms with E-state index in [9.17, 15) is 9.90 Å². The lowest BCUT2D eigenvalue weighted by Gasteiger charge is -2.33. The first-order valence-electron chi connectivity index (χ1n) is 11.5. The van der Waals surface area contributed by atoms with Crippen LogP contribution >= 0.6 is 11.3 Å². The number of phenolic OH excluding ortho intramolecular Hbond substituents is 1. The molecule has 1 aliphatic rings. The molecule has 5 nitrogen and oxygen atoms in total. The van der Waals surface area contributed by atoms with E-state index in [2.05, 4.69) is 16.0 Å². The molecule has 4 aromatic rings. The highest BCUT2D eigenvalue weighted by atomic mass is 32.1. The van der Waals surface area contributed by atoms with Gasteiger partial charge < -0.3 is 9.52 Å². The molecular weight excluding hydrogens is 432 g/mol. The van der Waals surface area contributed by atoms with Crippen LogP contribution in [0.4, 0.5) is 0 Å². The standard InChI is InChI=1S/C27H28N2O3S/c1-3-18-11-21-26(31)23(24-10-17(2)16-33-24)15-32-27(21)22(25(18)30)14-29-9-5-7-20(13-29)19-6-4-8-28-12-19/h4,6,8,10-12,15-16,20,30H,3,5,7,9,13-14H2,1-2H3/t20-/m1/s1. The Bertz CT molecular complexity index is 1340. The number of hydrogen-bond acceptors (Lipinski definition) is 6. The summed E-state index contributed by atoms with van der Waals surface area (Å²) < 4.78 is 6.06. The molecule has 1 fully saturated rings. The summed E-state index contributed by atoms with van der Waals surface area (Å²) in [6.45, 7) is 6.40. The predicted molar refractivity (Wildman–Crippen MR) is 133 cm³/mol. The maximum absolute atomic E-state index is 13.4. The van der Waals surface area contributed by atoms with Gasteiger partial charge in [0.05, 0.1) is 16.5 Å². The molecule has 3 aromatic heterocycles. The van der Waals surface area contributed by atoms with E-state index in [4.69, 9.17) is 4.42 Å². The van der Waals surface area contributed by atoms with Crippen LogP contribution in [0.1, 0.15) is 47.9 Å². The summed E-state index contributed by atoms with van der Waals surface area (Å²) >= 11 is 1.55. The van der Waals surface area contributed by atoms with Crippen molar-refractivity contribution in [3.8, 4) is 16.2 Å². The van der Waals surface area contributed by atoms with Crippen molar-refractivity contribution in [2.24, 2.45) is 0 Å². The molecule has 1 atom stereocenters. The largest absolute Gasteiger partial charge is 0.507 e. The van der Waals surface area contributed by atoms with Crippen molar-refractivity contribution in [3.63, 3.8) is 0 Å². The lowest BCUT2D eigenvalue weighted by atomic mass is 9.91. The summed E-state index contributed by atoms with van der Waals surface area (Å²) in [6, 6.07) is 7.94. The van der Waals surface area contributed by atoms with E-state index < -0.39 is 0 Å². The molecule has 1 aliphatic heterocycles. The molecule has 4 heterocycles. The Morgan fingerprint density at radius 3 is 2.94 bits per heavy atom. The van der Waals surface area contributed by atoms with Crippen molar-refractivity contribution in [2.45, 2.75) is 45.6 Å². The second kappa shape index (κ2) is 9.12. The smallest absolute Gasteiger partial charge is 0.201 e. The number of benzene rings is 1. The van der Waals surface area contributed by atoms with Gasteiger partial charge in [-0.25, -0.2) is 0 Å². The van der Waals surface area contributed by atoms with Crippen molar-refractivity contribution in [1.82, 2.24) is 9.88 Å². The molecule has 33 heavy (non-hydrogen) atoms. The summed E-state index contributed by atoms with van der Waals surface area (Å²) in [6.07, 6.45) is 8.16. The van der Waals surface area contributed by atoms with Gasteiger partial charge in [0.1, 0.15) is 17.6 Å². The van der Waals surface area contributed by atoms with Crippen LogP contribution in [0, 0.1) is 6.92 Å². The second-order valence-electron chi connectivity index (χ2n) is 8.92. The van der Waals surface area contributed by atoms with Gasteiger partial charge in [-0.05, 0) is 78.9 Å². The first-order chi connectivity index (χ1) is 16.0. The van der Waals surface area contributed by atoms with Crippen molar-refractivity contribution < 1.29 is 9.52 Å². The quantitative estimate of drug-likeness (QED) is 0.403. The van der Waals surface area contributed by atoms with Crippen LogP contribution in [0.15, 0.2) is 57.5 Å². The zero-order valence-corrected chi connectivity index (χ0v) is 19.8. The second-order valence-corrected chi connectivity index (χ2v) is 9.83. The van der Waals surface area contributed by atoms with Crippen molar-refractivity contribution in [1.29, 1.82) is 0 Å². The van der Waals surface area contributed by atoms with Gasteiger partial charge in [0.25, 0.3) is 0 Å². The minimum absolute atomic E-state index is 0.0408. The van der Waals surface area contributed by atoms with Gasteiger partial charge in [-0.2, -0.15) is 0 Å². The minimum Gasteiger partial charge on any atom is -0.507 e. The average molecular weight is 461 g/mol. The van der Waals surface area contributed by atoms with Crippen molar-refractivity contribution >= 4 is 22.3 Å². The van der Waals surface area contributed by atoms with E-state index in [0.29, 0.717) is 41.0 Å². The van der Waals surface area contributed by atoms with Crippen LogP contribution in [-0.4, -0.2) is 28.1 Å². The topological polar surface area (TPSA) is 66.6 Å². The molecule has 1 N–H and O–H groups in total. The number of aromatic nitrogens is 1. The summed E-state index contributed by atoms with van der Waals surface area (Å²) in [5.74, 6) is 0.660. The number of phenols is 1. The lowest BCUT2D eigenvalue weighted by Crippen LogP contribution is -2.34. The molecule has 0 amide bonds. The van der Waals surface area contributed by atoms with E-state index in [1.165, 1.54) is 5.56 Å². The first kappa shape index (κ1) is 21.9. The first-order valence-corrected chi connectivity index (χ1v) is 12.4. The zero-order valence-electron chi connectivity index (χ0n) is 19.0. The molecule has 1 saturated heterocycles. The number of fused-ring (bicyclic) bond motifs is 1. The Balaban J connectivity index is 1.54. The average Bonchev–Trinajstić information content (AvgIpc) is 3.27. The SMILES string of the molecule is CCc1cc2c(=O)c(-c3cc(C)cs3)coc2c(CN2CCC[C@@H](c3cccnc3)C2)c1O. The molecule has 0 radical (unpaired) electrons. The molecule has 6 heteroatoms. The van der Waals surface area contributed by atoms with Crippen molar-refractivity contribution in [2.75, 3.05) is 13.1 Å². The molecule has 0 spiro atoms. The Hall–Kier alpha value is -2.96. The third kappa shape index (κ3) is 4.21. The monoisotopic (exact) mass is 460 g/mol. The van der Waals surface area contributed by atoms with Gasteiger partial charge in [0.2, 0.25) is 5.43 Å². The molecule has 0 saturated carbocycles. The third-order valence-electron chi connectivity index (χ3n) is 6.63. The fourth-order valence-electron chi connectivity index (χ4n) is 4.86. The van der Waals surface area contributed by atoms with Crippen LogP contribution in [0.2, 0.25) is 0 Å². The van der Waals surface area contributed by atoms with E-state index >= 15 is 0 Å². The lowest BCUT2D eigenvalue weighted by molar-refractivity contribution is 0.198. The third-order valence-corrected chi connectivity index (χ3v) is 7.71. The number of aromatic hydroxyl groups is 1. The predicted octanol–water partition coefficient (Wildman–Crippen LogP) is 5.87. The Kier molecular flexibility index (Phi) is 6.04. The van der Waals surface area contributed by atoms with Crippen LogP contribution in [0.3, 0.4) is 0 Å². The number of rotatable bonds is 5. The number of nitrogens with zero attached hydrogens (tertiary/aromatic N) is 2. The van der Waals surface area contributed by atoms with Crippen LogP contribution in [0.25, 0.3) is 21.4 Å². The van der Waals surface area contributed by atoms with Gasteiger partial charge in [0, 0.05) is 30.4 Å². The number of likely N-dealkylation sites (tertiary alicyclic amines) is 1. The van der Waals surface area contributed by atoms with Crippen LogP contribution < -0.4 is 5.43 Å². The zero-order chi connectivity index (χ0) is 22.9. The number of pyridine rings is 1. The van der Waals surface area contributed by atoms with Gasteiger partial charge in [-0.3, -0.25) is 14.7 Å². The molecule has 5 rings (SSSR count). The van der Waals surface area contributed by atoms with Gasteiger partial charge >= 0.3 is 0 Å². The molecular formula is C27H28N2O3S. The van der Waals surface area contributed by atoms with Gasteiger partial charge in [-0.15, -0.1) is 11.3 Å². The minimum atomic E-state index is -0.0408. The maximum Gasteiger partial charge on any atom is 0.201 e. The fraction of sp³-hybridized carbons (Fsp3) is 0.333. The van der Waals surface area contributed by atoms with Crippen molar-refractivity contribution in [3.05, 3.63) is 80.8 Å². The Morgan fingerprint density at radius 1 is 1.33 bits per heavy atom. The number of piperidine rings is 1. The van der Waals surface area contributed by atoms with E-state index in [1.807, 2.05) is 37.6 Å². The molecule has 0 bridgehead atoms. The highest BCUT2D eigenvalue weighted by molar-refractivity contribution is 7.13. The highest BCUT2D eigenvalue weighted by Crippen LogP contribution is 2.35. The van der Waals surface area contributed by atoms with E-state index in [1.54, 1.807) is 29.9 Å². The number of thiophene rings is 1. The number of aryl methyl sites for hydroxylation is 2. The molecule has 170 valence electrons. The van der Waals surface area contributed by atoms with Crippen LogP contribution in [-0.2, 0) is 13.0 Å². The maximum atomic E-state index is 13.4. The van der Waals surface area contributed by atoms with Crippen LogP contribution in [0.5, 0.6) is 5.75 Å². The van der Waals surface area contributed by atoms with E-state index in [-0.39, 0.29) is 11.2 Å². The highest BCUT2D eigenvalue weighted by Gasteiger charge is 2.25. The Labute approximate surface area is 197 Å². The molecule has 0 unspecified atom stereocenters. The van der Waals surface area contributed by atoms with E-state index in [0.717, 1.165) is 41.9 Å².